The SMILES string of the molecule is N#CCC[C@H]([AsH2])C(=O)O.O=C1OCc2ccccc21. The van der Waals surface area contributed by atoms with Crippen molar-refractivity contribution in [1.82, 2.24) is 0 Å². The van der Waals surface area contributed by atoms with E-state index in [0.29, 0.717) is 25.0 Å². The van der Waals surface area contributed by atoms with Crippen LogP contribution in [0.4, 0.5) is 0 Å². The summed E-state index contributed by atoms with van der Waals surface area (Å²) in [6.45, 7) is 0.439. The molecule has 100 valence electrons. The van der Waals surface area contributed by atoms with Gasteiger partial charge in [-0.15, -0.1) is 0 Å². The van der Waals surface area contributed by atoms with Crippen molar-refractivity contribution < 1.29 is 19.4 Å². The van der Waals surface area contributed by atoms with Crippen molar-refractivity contribution in [2.45, 2.75) is 24.2 Å². The van der Waals surface area contributed by atoms with E-state index in [4.69, 9.17) is 15.1 Å². The molecule has 2 atom stereocenters. The molecular weight excluding hydrogens is 309 g/mol. The van der Waals surface area contributed by atoms with E-state index in [2.05, 4.69) is 0 Å². The van der Waals surface area contributed by atoms with E-state index in [9.17, 15) is 9.59 Å². The largest absolute Gasteiger partial charge is 0.457 e. The Bertz CT molecular complexity index is 510. The van der Waals surface area contributed by atoms with Crippen LogP contribution in [-0.4, -0.2) is 33.9 Å². The molecule has 1 unspecified atom stereocenters. The van der Waals surface area contributed by atoms with E-state index in [1.54, 1.807) is 6.07 Å². The molecule has 1 aromatic carbocycles. The minimum absolute atomic E-state index is 0.199. The van der Waals surface area contributed by atoms with E-state index >= 15 is 0 Å². The Balaban J connectivity index is 0.000000192. The van der Waals surface area contributed by atoms with Gasteiger partial charge >= 0.3 is 67.6 Å². The number of cyclic esters (lactones) is 1. The number of hydrogen-bond acceptors (Lipinski definition) is 4. The van der Waals surface area contributed by atoms with Crippen LogP contribution in [0, 0.1) is 11.3 Å². The first-order valence-corrected chi connectivity index (χ1v) is 7.06. The topological polar surface area (TPSA) is 87.4 Å². The first-order chi connectivity index (χ1) is 9.06. The van der Waals surface area contributed by atoms with E-state index < -0.39 is 5.97 Å². The number of fused-ring (bicyclic) bond motifs is 1. The second-order valence-electron chi connectivity index (χ2n) is 3.87. The summed E-state index contributed by atoms with van der Waals surface area (Å²) in [5.74, 6) is -0.999. The fraction of sp³-hybridized carbons (Fsp3) is 0.308. The van der Waals surface area contributed by atoms with E-state index in [1.165, 1.54) is 16.9 Å². The smallest absolute Gasteiger partial charge is 0.338 e. The number of hydrogen-bond donors (Lipinski definition) is 1. The van der Waals surface area contributed by atoms with Gasteiger partial charge in [-0.05, 0) is 6.07 Å². The number of carbonyl (C=O) groups is 2. The molecule has 0 aliphatic carbocycles. The predicted molar refractivity (Wildman–Crippen MR) is 70.3 cm³/mol. The molecule has 19 heavy (non-hydrogen) atoms. The molecule has 0 saturated heterocycles. The fourth-order valence-corrected chi connectivity index (χ4v) is 1.76. The number of rotatable bonds is 3. The number of esters is 1. The first kappa shape index (κ1) is 15.3. The van der Waals surface area contributed by atoms with Crippen molar-refractivity contribution in [3.05, 3.63) is 35.4 Å². The van der Waals surface area contributed by atoms with Gasteiger partial charge in [-0.2, -0.15) is 0 Å². The van der Waals surface area contributed by atoms with Gasteiger partial charge in [0.25, 0.3) is 0 Å². The van der Waals surface area contributed by atoms with Gasteiger partial charge in [0.15, 0.2) is 0 Å². The molecule has 1 aliphatic rings. The van der Waals surface area contributed by atoms with Gasteiger partial charge in [-0.1, -0.05) is 18.2 Å². The molecule has 0 saturated carbocycles. The predicted octanol–water partition coefficient (Wildman–Crippen LogP) is 1.15. The van der Waals surface area contributed by atoms with E-state index in [-0.39, 0.29) is 10.7 Å². The Hall–Kier alpha value is -1.79. The number of carboxylic acids is 1. The number of nitriles is 1. The van der Waals surface area contributed by atoms with Crippen molar-refractivity contribution in [2.75, 3.05) is 0 Å². The van der Waals surface area contributed by atoms with Gasteiger partial charge in [-0.3, -0.25) is 0 Å². The van der Waals surface area contributed by atoms with Crippen LogP contribution < -0.4 is 0 Å². The molecule has 1 heterocycles. The zero-order valence-corrected chi connectivity index (χ0v) is 12.6. The minimum atomic E-state index is -0.801. The fourth-order valence-electron chi connectivity index (χ4n) is 1.41. The number of carboxylic acid groups (broad SMARTS) is 1. The monoisotopic (exact) mass is 323 g/mol. The summed E-state index contributed by atoms with van der Waals surface area (Å²) >= 11 is 1.17. The summed E-state index contributed by atoms with van der Waals surface area (Å²) < 4.78 is 4.46. The maximum Gasteiger partial charge on any atom is 0.338 e. The van der Waals surface area contributed by atoms with Crippen molar-refractivity contribution in [1.29, 1.82) is 5.26 Å². The van der Waals surface area contributed by atoms with Crippen LogP contribution >= 0.6 is 0 Å². The van der Waals surface area contributed by atoms with Gasteiger partial charge in [0.2, 0.25) is 0 Å². The maximum atomic E-state index is 10.8. The summed E-state index contributed by atoms with van der Waals surface area (Å²) in [6.07, 6.45) is 0.820. The summed E-state index contributed by atoms with van der Waals surface area (Å²) in [6, 6.07) is 9.33. The first-order valence-electron chi connectivity index (χ1n) is 5.66. The van der Waals surface area contributed by atoms with Crippen LogP contribution in [0.5, 0.6) is 0 Å². The van der Waals surface area contributed by atoms with Crippen molar-refractivity contribution in [3.8, 4) is 6.07 Å². The molecular formula is C13H14AsNO4. The van der Waals surface area contributed by atoms with Crippen molar-refractivity contribution >= 4 is 28.8 Å². The zero-order valence-electron chi connectivity index (χ0n) is 10.2. The maximum absolute atomic E-state index is 10.8. The quantitative estimate of drug-likeness (QED) is 0.666. The molecule has 1 aliphatic heterocycles. The number of aliphatic carboxylic acids is 1. The molecule has 1 aromatic rings. The summed E-state index contributed by atoms with van der Waals surface area (Å²) in [5.41, 5.74) is 1.70. The molecule has 6 heteroatoms. The average Bonchev–Trinajstić information content (AvgIpc) is 2.79. The number of benzene rings is 1. The normalized spacial score (nSPS) is 13.4. The number of ether oxygens (including phenoxy) is 1. The van der Waals surface area contributed by atoms with Gasteiger partial charge in [0.05, 0.1) is 5.56 Å². The van der Waals surface area contributed by atoms with Crippen LogP contribution in [0.15, 0.2) is 24.3 Å². The van der Waals surface area contributed by atoms with Gasteiger partial charge in [0.1, 0.15) is 6.61 Å². The molecule has 5 nitrogen and oxygen atoms in total. The van der Waals surface area contributed by atoms with Gasteiger partial charge < -0.3 is 4.74 Å². The summed E-state index contributed by atoms with van der Waals surface area (Å²) in [4.78, 5) is 21.0. The molecule has 0 bridgehead atoms. The van der Waals surface area contributed by atoms with Crippen molar-refractivity contribution in [2.24, 2.45) is 0 Å². The average molecular weight is 323 g/mol. The molecule has 0 fully saturated rings. The molecule has 0 aromatic heterocycles. The standard InChI is InChI=1S/C8H6O2.C5H8AsNO2/c9-8-7-4-2-1-3-6(7)5-10-8;6-4(5(8)9)2-1-3-7/h1-4H,5H2;4H,1-2,6H2,(H,8,9)/t;4-/m.0/s1. The van der Waals surface area contributed by atoms with Crippen LogP contribution in [0.1, 0.15) is 28.8 Å². The molecule has 0 radical (unpaired) electrons. The number of carbonyl (C=O) groups excluding carboxylic acids is 1. The third-order valence-corrected chi connectivity index (χ3v) is 3.78. The van der Waals surface area contributed by atoms with Crippen LogP contribution in [-0.2, 0) is 16.1 Å². The zero-order chi connectivity index (χ0) is 14.3. The van der Waals surface area contributed by atoms with E-state index in [1.807, 2.05) is 24.3 Å². The third kappa shape index (κ3) is 4.76. The third-order valence-electron chi connectivity index (χ3n) is 2.48. The summed E-state index contributed by atoms with van der Waals surface area (Å²) in [5, 5.41) is 16.4. The number of nitrogens with zero attached hydrogens (tertiary/aromatic N) is 1. The summed E-state index contributed by atoms with van der Waals surface area (Å²) in [7, 11) is 0. The van der Waals surface area contributed by atoms with Crippen LogP contribution in [0.2, 0.25) is 4.71 Å². The van der Waals surface area contributed by atoms with Gasteiger partial charge in [-0.25, -0.2) is 4.79 Å². The van der Waals surface area contributed by atoms with Crippen LogP contribution in [0.3, 0.4) is 0 Å². The minimum Gasteiger partial charge on any atom is -0.457 e. The Morgan fingerprint density at radius 2 is 2.21 bits per heavy atom. The molecule has 1 N–H and O–H groups in total. The van der Waals surface area contributed by atoms with Crippen molar-refractivity contribution in [3.63, 3.8) is 0 Å². The molecule has 0 spiro atoms. The van der Waals surface area contributed by atoms with Gasteiger partial charge in [0, 0.05) is 5.56 Å². The molecule has 2 rings (SSSR count). The Kier molecular flexibility index (Phi) is 6.11. The second kappa shape index (κ2) is 7.60. The van der Waals surface area contributed by atoms with Crippen LogP contribution in [0.25, 0.3) is 0 Å². The Morgan fingerprint density at radius 3 is 2.79 bits per heavy atom. The second-order valence-corrected chi connectivity index (χ2v) is 5.56. The Morgan fingerprint density at radius 1 is 1.53 bits per heavy atom. The Labute approximate surface area is 119 Å². The molecule has 0 amide bonds. The van der Waals surface area contributed by atoms with E-state index in [0.717, 1.165) is 5.56 Å².